The Hall–Kier alpha value is -2.29. The highest BCUT2D eigenvalue weighted by Crippen LogP contribution is 2.43. The maximum atomic E-state index is 14.3. The summed E-state index contributed by atoms with van der Waals surface area (Å²) in [4.78, 5) is 17.5. The molecule has 4 aliphatic rings. The molecule has 0 amide bonds. The van der Waals surface area contributed by atoms with E-state index in [-0.39, 0.29) is 23.0 Å². The standard InChI is InChI=1S/C32H41FN2O4S/c33-27-6-3-5-25(20-27)31-26(14-17-35(31)29(32(36)37)19-22-8-9-22)21-34-15-12-23(13-16-34)18-28-11-10-24-4-1-2-7-30(24)40(28,38)39/h1-7,20,22-23,26,28-29,31H,8-19,21H2,(H,36,37)/t26-,28-,29+,31?/m0/s1. The third-order valence-corrected chi connectivity index (χ3v) is 12.3. The fourth-order valence-electron chi connectivity index (χ4n) is 7.62. The van der Waals surface area contributed by atoms with Crippen LogP contribution < -0.4 is 0 Å². The molecule has 8 heteroatoms. The Morgan fingerprint density at radius 2 is 1.73 bits per heavy atom. The van der Waals surface area contributed by atoms with E-state index in [0.717, 1.165) is 75.7 Å². The molecule has 40 heavy (non-hydrogen) atoms. The summed E-state index contributed by atoms with van der Waals surface area (Å²) >= 11 is 0. The van der Waals surface area contributed by atoms with Crippen molar-refractivity contribution in [2.24, 2.45) is 17.8 Å². The summed E-state index contributed by atoms with van der Waals surface area (Å²) in [7, 11) is -3.28. The molecule has 4 atom stereocenters. The van der Waals surface area contributed by atoms with Crippen LogP contribution in [0.1, 0.15) is 68.5 Å². The molecule has 0 radical (unpaired) electrons. The van der Waals surface area contributed by atoms with E-state index in [9.17, 15) is 22.7 Å². The number of hydrogen-bond donors (Lipinski definition) is 1. The lowest BCUT2D eigenvalue weighted by Crippen LogP contribution is -2.44. The maximum absolute atomic E-state index is 14.3. The Kier molecular flexibility index (Phi) is 8.03. The molecule has 3 fully saturated rings. The van der Waals surface area contributed by atoms with E-state index in [1.165, 1.54) is 6.07 Å². The van der Waals surface area contributed by atoms with Crippen LogP contribution in [0.5, 0.6) is 0 Å². The van der Waals surface area contributed by atoms with Crippen LogP contribution >= 0.6 is 0 Å². The van der Waals surface area contributed by atoms with Crippen molar-refractivity contribution in [3.63, 3.8) is 0 Å². The second-order valence-electron chi connectivity index (χ2n) is 12.6. The second-order valence-corrected chi connectivity index (χ2v) is 14.8. The summed E-state index contributed by atoms with van der Waals surface area (Å²) in [6, 6.07) is 13.5. The summed E-state index contributed by atoms with van der Waals surface area (Å²) < 4.78 is 40.9. The van der Waals surface area contributed by atoms with Gasteiger partial charge in [0.2, 0.25) is 0 Å². The van der Waals surface area contributed by atoms with Gasteiger partial charge in [0.05, 0.1) is 10.1 Å². The van der Waals surface area contributed by atoms with Gasteiger partial charge in [0.25, 0.3) is 0 Å². The first-order valence-electron chi connectivity index (χ1n) is 15.1. The van der Waals surface area contributed by atoms with Crippen molar-refractivity contribution in [3.05, 3.63) is 65.5 Å². The van der Waals surface area contributed by atoms with E-state index in [2.05, 4.69) is 9.80 Å². The van der Waals surface area contributed by atoms with Gasteiger partial charge in [-0.05, 0) is 105 Å². The van der Waals surface area contributed by atoms with Crippen LogP contribution in [0.4, 0.5) is 4.39 Å². The molecule has 1 unspecified atom stereocenters. The number of likely N-dealkylation sites (tertiary alicyclic amines) is 2. The van der Waals surface area contributed by atoms with Crippen molar-refractivity contribution in [3.8, 4) is 0 Å². The lowest BCUT2D eigenvalue weighted by atomic mass is 9.88. The molecule has 1 saturated carbocycles. The minimum atomic E-state index is -3.28. The van der Waals surface area contributed by atoms with Crippen LogP contribution in [0.25, 0.3) is 0 Å². The summed E-state index contributed by atoms with van der Waals surface area (Å²) in [5.74, 6) is 0.0760. The lowest BCUT2D eigenvalue weighted by Gasteiger charge is -2.38. The molecule has 0 spiro atoms. The number of fused-ring (bicyclic) bond motifs is 1. The number of rotatable bonds is 9. The highest BCUT2D eigenvalue weighted by atomic mass is 32.2. The molecule has 1 N–H and O–H groups in total. The lowest BCUT2D eigenvalue weighted by molar-refractivity contribution is -0.144. The van der Waals surface area contributed by atoms with E-state index in [1.54, 1.807) is 18.2 Å². The number of aliphatic carboxylic acids is 1. The van der Waals surface area contributed by atoms with Crippen molar-refractivity contribution in [1.29, 1.82) is 0 Å². The number of benzene rings is 2. The molecule has 3 heterocycles. The minimum absolute atomic E-state index is 0.110. The van der Waals surface area contributed by atoms with Crippen LogP contribution in [0.15, 0.2) is 53.4 Å². The van der Waals surface area contributed by atoms with E-state index in [4.69, 9.17) is 0 Å². The Morgan fingerprint density at radius 1 is 0.950 bits per heavy atom. The minimum Gasteiger partial charge on any atom is -0.480 e. The molecular weight excluding hydrogens is 527 g/mol. The SMILES string of the molecule is O=C(O)[C@@H](CC1CC1)N1CC[C@@H](CN2CCC(C[C@@H]3CCc4ccccc4S3(=O)=O)CC2)C1c1cccc(F)c1. The third-order valence-electron chi connectivity index (χ3n) is 9.94. The maximum Gasteiger partial charge on any atom is 0.320 e. The number of hydrogen-bond acceptors (Lipinski definition) is 5. The van der Waals surface area contributed by atoms with Crippen molar-refractivity contribution in [1.82, 2.24) is 9.80 Å². The largest absolute Gasteiger partial charge is 0.480 e. The number of halogens is 1. The van der Waals surface area contributed by atoms with Gasteiger partial charge in [-0.15, -0.1) is 0 Å². The van der Waals surface area contributed by atoms with E-state index >= 15 is 0 Å². The van der Waals surface area contributed by atoms with Gasteiger partial charge >= 0.3 is 5.97 Å². The van der Waals surface area contributed by atoms with Gasteiger partial charge in [-0.1, -0.05) is 43.2 Å². The Balaban J connectivity index is 1.10. The second kappa shape index (κ2) is 11.5. The highest BCUT2D eigenvalue weighted by Gasteiger charge is 2.44. The molecule has 216 valence electrons. The molecule has 6 rings (SSSR count). The number of carboxylic acid groups (broad SMARTS) is 1. The first kappa shape index (κ1) is 27.9. The van der Waals surface area contributed by atoms with Crippen LogP contribution in [0.2, 0.25) is 0 Å². The number of nitrogens with zero attached hydrogens (tertiary/aromatic N) is 2. The van der Waals surface area contributed by atoms with Crippen LogP contribution in [0, 0.1) is 23.6 Å². The van der Waals surface area contributed by atoms with Crippen LogP contribution in [-0.4, -0.2) is 66.8 Å². The van der Waals surface area contributed by atoms with Gasteiger partial charge in [-0.2, -0.15) is 0 Å². The van der Waals surface area contributed by atoms with Crippen LogP contribution in [0.3, 0.4) is 0 Å². The average molecular weight is 569 g/mol. The molecule has 0 bridgehead atoms. The topological polar surface area (TPSA) is 77.9 Å². The zero-order valence-electron chi connectivity index (χ0n) is 23.1. The first-order valence-corrected chi connectivity index (χ1v) is 16.6. The van der Waals surface area contributed by atoms with Crippen molar-refractivity contribution >= 4 is 15.8 Å². The Labute approximate surface area is 237 Å². The van der Waals surface area contributed by atoms with Crippen LogP contribution in [-0.2, 0) is 21.1 Å². The van der Waals surface area contributed by atoms with Crippen molar-refractivity contribution in [2.75, 3.05) is 26.2 Å². The summed E-state index contributed by atoms with van der Waals surface area (Å²) in [6.45, 7) is 3.41. The molecule has 3 aliphatic heterocycles. The Bertz CT molecular complexity index is 1320. The van der Waals surface area contributed by atoms with E-state index in [1.807, 2.05) is 24.3 Å². The summed E-state index contributed by atoms with van der Waals surface area (Å²) in [5, 5.41) is 9.83. The molecule has 2 aromatic rings. The number of carboxylic acids is 1. The third kappa shape index (κ3) is 5.86. The predicted molar refractivity (Wildman–Crippen MR) is 152 cm³/mol. The number of piperidine rings is 1. The predicted octanol–water partition coefficient (Wildman–Crippen LogP) is 5.33. The molecule has 0 aromatic heterocycles. The van der Waals surface area contributed by atoms with Gasteiger partial charge in [0.15, 0.2) is 9.84 Å². The quantitative estimate of drug-likeness (QED) is 0.441. The van der Waals surface area contributed by atoms with Crippen molar-refractivity contribution < 1.29 is 22.7 Å². The van der Waals surface area contributed by atoms with Gasteiger partial charge < -0.3 is 10.0 Å². The van der Waals surface area contributed by atoms with E-state index in [0.29, 0.717) is 36.1 Å². The number of aryl methyl sites for hydroxylation is 1. The fraction of sp³-hybridized carbons (Fsp3) is 0.594. The molecule has 6 nitrogen and oxygen atoms in total. The molecule has 2 saturated heterocycles. The van der Waals surface area contributed by atoms with E-state index < -0.39 is 21.8 Å². The van der Waals surface area contributed by atoms with Gasteiger partial charge in [-0.25, -0.2) is 12.8 Å². The zero-order valence-corrected chi connectivity index (χ0v) is 23.9. The number of carbonyl (C=O) groups is 1. The first-order chi connectivity index (χ1) is 19.3. The van der Waals surface area contributed by atoms with Gasteiger partial charge in [-0.3, -0.25) is 9.69 Å². The Morgan fingerprint density at radius 3 is 2.45 bits per heavy atom. The molecule has 1 aliphatic carbocycles. The molecule has 2 aromatic carbocycles. The highest BCUT2D eigenvalue weighted by molar-refractivity contribution is 7.92. The average Bonchev–Trinajstić information content (AvgIpc) is 3.68. The van der Waals surface area contributed by atoms with Gasteiger partial charge in [0.1, 0.15) is 11.9 Å². The fourth-order valence-corrected chi connectivity index (χ4v) is 9.73. The number of sulfone groups is 1. The monoisotopic (exact) mass is 568 g/mol. The smallest absolute Gasteiger partial charge is 0.320 e. The summed E-state index contributed by atoms with van der Waals surface area (Å²) in [5.41, 5.74) is 1.83. The zero-order chi connectivity index (χ0) is 27.9. The molecular formula is C32H41FN2O4S. The van der Waals surface area contributed by atoms with Gasteiger partial charge in [0, 0.05) is 19.1 Å². The summed E-state index contributed by atoms with van der Waals surface area (Å²) in [6.07, 6.45) is 8.01. The normalized spacial score (nSPS) is 28.3. The van der Waals surface area contributed by atoms with Crippen molar-refractivity contribution in [2.45, 2.75) is 80.0 Å².